The number of fused-ring (bicyclic) bond motifs is 3. The standard InChI is InChI=1S/C21H19N3O3S2/c22-29(26,27)16-7-9-18-17-8-6-15(12-19(17)28-20(18)13-16)24-21(25)23-11-10-14-4-2-1-3-5-14/h1-9,12-13H,10-11H2,(H2,22,26,27)(H2,23,24,25). The maximum absolute atomic E-state index is 12.2. The zero-order valence-electron chi connectivity index (χ0n) is 15.4. The van der Waals surface area contributed by atoms with E-state index in [1.807, 2.05) is 48.5 Å². The van der Waals surface area contributed by atoms with Crippen molar-refractivity contribution in [2.24, 2.45) is 5.14 Å². The summed E-state index contributed by atoms with van der Waals surface area (Å²) in [6.45, 7) is 0.539. The van der Waals surface area contributed by atoms with Gasteiger partial charge in [-0.3, -0.25) is 0 Å². The third-order valence-corrected chi connectivity index (χ3v) is 6.60. The molecule has 8 heteroatoms. The molecule has 6 nitrogen and oxygen atoms in total. The molecule has 2 amide bonds. The smallest absolute Gasteiger partial charge is 0.319 e. The van der Waals surface area contributed by atoms with Crippen molar-refractivity contribution < 1.29 is 13.2 Å². The molecule has 3 aromatic carbocycles. The predicted molar refractivity (Wildman–Crippen MR) is 118 cm³/mol. The van der Waals surface area contributed by atoms with E-state index in [1.165, 1.54) is 23.0 Å². The van der Waals surface area contributed by atoms with Crippen LogP contribution in [0.25, 0.3) is 20.2 Å². The second kappa shape index (κ2) is 7.82. The number of thiophene rings is 1. The van der Waals surface area contributed by atoms with Gasteiger partial charge in [-0.05, 0) is 36.2 Å². The fourth-order valence-electron chi connectivity index (χ4n) is 3.15. The number of primary sulfonamides is 1. The van der Waals surface area contributed by atoms with Gasteiger partial charge in [0.15, 0.2) is 0 Å². The fraction of sp³-hybridized carbons (Fsp3) is 0.0952. The van der Waals surface area contributed by atoms with E-state index in [4.69, 9.17) is 5.14 Å². The van der Waals surface area contributed by atoms with Crippen LogP contribution in [0.1, 0.15) is 5.56 Å². The van der Waals surface area contributed by atoms with E-state index in [9.17, 15) is 13.2 Å². The van der Waals surface area contributed by atoms with Gasteiger partial charge in [0.2, 0.25) is 10.0 Å². The van der Waals surface area contributed by atoms with Gasteiger partial charge in [-0.15, -0.1) is 11.3 Å². The Morgan fingerprint density at radius 2 is 1.62 bits per heavy atom. The van der Waals surface area contributed by atoms with E-state index < -0.39 is 10.0 Å². The van der Waals surface area contributed by atoms with Crippen molar-refractivity contribution in [1.82, 2.24) is 5.32 Å². The lowest BCUT2D eigenvalue weighted by atomic mass is 10.1. The quantitative estimate of drug-likeness (QED) is 0.449. The molecule has 4 aromatic rings. The molecule has 0 aliphatic rings. The zero-order valence-corrected chi connectivity index (χ0v) is 17.0. The van der Waals surface area contributed by atoms with Crippen LogP contribution in [0.4, 0.5) is 10.5 Å². The van der Waals surface area contributed by atoms with Crippen LogP contribution in [0.2, 0.25) is 0 Å². The number of hydrogen-bond donors (Lipinski definition) is 3. The minimum Gasteiger partial charge on any atom is -0.338 e. The molecule has 0 bridgehead atoms. The number of hydrogen-bond acceptors (Lipinski definition) is 4. The van der Waals surface area contributed by atoms with Crippen molar-refractivity contribution in [3.05, 3.63) is 72.3 Å². The van der Waals surface area contributed by atoms with E-state index in [-0.39, 0.29) is 10.9 Å². The molecule has 0 aliphatic carbocycles. The Morgan fingerprint density at radius 3 is 2.34 bits per heavy atom. The van der Waals surface area contributed by atoms with Gasteiger partial charge in [-0.25, -0.2) is 18.4 Å². The summed E-state index contributed by atoms with van der Waals surface area (Å²) in [6.07, 6.45) is 0.760. The molecule has 4 rings (SSSR count). The average molecular weight is 426 g/mol. The summed E-state index contributed by atoms with van der Waals surface area (Å²) in [5, 5.41) is 12.9. The topological polar surface area (TPSA) is 101 Å². The number of rotatable bonds is 5. The van der Waals surface area contributed by atoms with Crippen LogP contribution < -0.4 is 15.8 Å². The highest BCUT2D eigenvalue weighted by atomic mass is 32.2. The Hall–Kier alpha value is -2.94. The Morgan fingerprint density at radius 1 is 0.931 bits per heavy atom. The van der Waals surface area contributed by atoms with Crippen LogP contribution >= 0.6 is 11.3 Å². The molecule has 0 unspecified atom stereocenters. The summed E-state index contributed by atoms with van der Waals surface area (Å²) in [4.78, 5) is 12.3. The second-order valence-corrected chi connectivity index (χ2v) is 9.28. The molecule has 0 saturated carbocycles. The molecule has 0 aliphatic heterocycles. The van der Waals surface area contributed by atoms with Crippen molar-refractivity contribution in [3.8, 4) is 0 Å². The minimum absolute atomic E-state index is 0.0905. The van der Waals surface area contributed by atoms with Gasteiger partial charge in [0.1, 0.15) is 0 Å². The van der Waals surface area contributed by atoms with Gasteiger partial charge in [0.25, 0.3) is 0 Å². The zero-order chi connectivity index (χ0) is 20.4. The molecular weight excluding hydrogens is 406 g/mol. The Bertz CT molecular complexity index is 1300. The summed E-state index contributed by atoms with van der Waals surface area (Å²) in [7, 11) is -3.74. The molecule has 1 aromatic heterocycles. The van der Waals surface area contributed by atoms with Crippen LogP contribution in [-0.2, 0) is 16.4 Å². The van der Waals surface area contributed by atoms with Crippen LogP contribution in [-0.4, -0.2) is 21.0 Å². The highest BCUT2D eigenvalue weighted by molar-refractivity contribution is 7.89. The van der Waals surface area contributed by atoms with E-state index in [0.717, 1.165) is 26.6 Å². The third-order valence-electron chi connectivity index (χ3n) is 4.57. The van der Waals surface area contributed by atoms with E-state index in [1.54, 1.807) is 12.1 Å². The predicted octanol–water partition coefficient (Wildman–Crippen LogP) is 4.07. The maximum atomic E-state index is 12.2. The van der Waals surface area contributed by atoms with Crippen molar-refractivity contribution in [3.63, 3.8) is 0 Å². The van der Waals surface area contributed by atoms with Crippen LogP contribution in [0.5, 0.6) is 0 Å². The lowest BCUT2D eigenvalue weighted by Gasteiger charge is -2.08. The number of nitrogens with one attached hydrogen (secondary N) is 2. The molecule has 29 heavy (non-hydrogen) atoms. The first-order valence-corrected chi connectivity index (χ1v) is 11.3. The van der Waals surface area contributed by atoms with Crippen molar-refractivity contribution >= 4 is 53.3 Å². The van der Waals surface area contributed by atoms with Gasteiger partial charge in [-0.1, -0.05) is 42.5 Å². The number of sulfonamides is 1. The highest BCUT2D eigenvalue weighted by Crippen LogP contribution is 2.36. The number of anilines is 1. The number of carbonyl (C=O) groups excluding carboxylic acids is 1. The summed E-state index contributed by atoms with van der Waals surface area (Å²) in [6, 6.07) is 20.2. The maximum Gasteiger partial charge on any atom is 0.319 e. The molecular formula is C21H19N3O3S2. The molecule has 0 radical (unpaired) electrons. The Labute approximate surface area is 172 Å². The number of carbonyl (C=O) groups is 1. The fourth-order valence-corrected chi connectivity index (χ4v) is 4.95. The van der Waals surface area contributed by atoms with Crippen molar-refractivity contribution in [2.75, 3.05) is 11.9 Å². The lowest BCUT2D eigenvalue weighted by Crippen LogP contribution is -2.30. The average Bonchev–Trinajstić information content (AvgIpc) is 3.05. The minimum atomic E-state index is -3.74. The molecule has 4 N–H and O–H groups in total. The van der Waals surface area contributed by atoms with Gasteiger partial charge in [0.05, 0.1) is 4.90 Å². The largest absolute Gasteiger partial charge is 0.338 e. The summed E-state index contributed by atoms with van der Waals surface area (Å²) in [5.41, 5.74) is 1.84. The van der Waals surface area contributed by atoms with E-state index in [0.29, 0.717) is 12.2 Å². The summed E-state index contributed by atoms with van der Waals surface area (Å²) < 4.78 is 24.9. The third kappa shape index (κ3) is 4.40. The van der Waals surface area contributed by atoms with Crippen LogP contribution in [0, 0.1) is 0 Å². The van der Waals surface area contributed by atoms with Gasteiger partial charge >= 0.3 is 6.03 Å². The summed E-state index contributed by atoms with van der Waals surface area (Å²) >= 11 is 1.46. The molecule has 0 saturated heterocycles. The second-order valence-electron chi connectivity index (χ2n) is 6.63. The number of benzene rings is 3. The number of amides is 2. The van der Waals surface area contributed by atoms with Crippen molar-refractivity contribution in [2.45, 2.75) is 11.3 Å². The van der Waals surface area contributed by atoms with Crippen molar-refractivity contribution in [1.29, 1.82) is 0 Å². The van der Waals surface area contributed by atoms with E-state index in [2.05, 4.69) is 10.6 Å². The first-order chi connectivity index (χ1) is 13.9. The van der Waals surface area contributed by atoms with Crippen LogP contribution in [0.3, 0.4) is 0 Å². The molecule has 0 fully saturated rings. The number of nitrogens with two attached hydrogens (primary N) is 1. The normalized spacial score (nSPS) is 11.6. The first kappa shape index (κ1) is 19.4. The lowest BCUT2D eigenvalue weighted by molar-refractivity contribution is 0.252. The molecule has 148 valence electrons. The molecule has 0 atom stereocenters. The summed E-state index contributed by atoms with van der Waals surface area (Å²) in [5.74, 6) is 0. The monoisotopic (exact) mass is 425 g/mol. The van der Waals surface area contributed by atoms with Gasteiger partial charge in [0, 0.05) is 32.4 Å². The molecule has 1 heterocycles. The van der Waals surface area contributed by atoms with Gasteiger partial charge < -0.3 is 10.6 Å². The SMILES string of the molecule is NS(=O)(=O)c1ccc2c(c1)sc1cc(NC(=O)NCCc3ccccc3)ccc12. The Balaban J connectivity index is 1.48. The molecule has 0 spiro atoms. The van der Waals surface area contributed by atoms with E-state index >= 15 is 0 Å². The van der Waals surface area contributed by atoms with Gasteiger partial charge in [-0.2, -0.15) is 0 Å². The first-order valence-electron chi connectivity index (χ1n) is 8.98. The van der Waals surface area contributed by atoms with Crippen LogP contribution in [0.15, 0.2) is 71.6 Å². The number of urea groups is 1. The highest BCUT2D eigenvalue weighted by Gasteiger charge is 2.12. The Kier molecular flexibility index (Phi) is 5.23.